The first-order valence-corrected chi connectivity index (χ1v) is 13.3. The minimum Gasteiger partial charge on any atom is -0.304 e. The Hall–Kier alpha value is -3.92. The summed E-state index contributed by atoms with van der Waals surface area (Å²) in [5.74, 6) is 1.98. The Bertz CT molecular complexity index is 1490. The molecular formula is C29H30N8S. The van der Waals surface area contributed by atoms with Crippen molar-refractivity contribution >= 4 is 12.2 Å². The van der Waals surface area contributed by atoms with E-state index in [0.717, 1.165) is 48.8 Å². The molecule has 0 saturated carbocycles. The van der Waals surface area contributed by atoms with Crippen LogP contribution in [0.5, 0.6) is 0 Å². The smallest absolute Gasteiger partial charge is 0.220 e. The Kier molecular flexibility index (Phi) is 6.96. The van der Waals surface area contributed by atoms with Gasteiger partial charge < -0.3 is 4.90 Å². The van der Waals surface area contributed by atoms with Gasteiger partial charge in [-0.3, -0.25) is 9.47 Å². The monoisotopic (exact) mass is 522 g/mol. The lowest BCUT2D eigenvalue weighted by Gasteiger charge is -2.31. The summed E-state index contributed by atoms with van der Waals surface area (Å²) < 4.78 is 6.53. The highest BCUT2D eigenvalue weighted by molar-refractivity contribution is 7.71. The SMILES string of the molecule is CN1CCN(Cn2nc(-c3nc(-c4ccccc4)n(-c4ccccc4)n3)n(Cc3ccccc3)c2=S)CC1. The maximum absolute atomic E-state index is 5.99. The van der Waals surface area contributed by atoms with Gasteiger partial charge >= 0.3 is 0 Å². The normalized spacial score (nSPS) is 14.7. The first-order chi connectivity index (χ1) is 18.7. The van der Waals surface area contributed by atoms with Gasteiger partial charge in [-0.2, -0.15) is 0 Å². The van der Waals surface area contributed by atoms with E-state index in [1.54, 1.807) is 0 Å². The molecule has 0 unspecified atom stereocenters. The molecule has 6 rings (SSSR count). The average molecular weight is 523 g/mol. The van der Waals surface area contributed by atoms with Crippen LogP contribution in [0, 0.1) is 4.77 Å². The maximum Gasteiger partial charge on any atom is 0.220 e. The number of nitrogens with zero attached hydrogens (tertiary/aromatic N) is 8. The van der Waals surface area contributed by atoms with E-state index in [1.165, 1.54) is 0 Å². The Balaban J connectivity index is 1.46. The van der Waals surface area contributed by atoms with Gasteiger partial charge in [0.15, 0.2) is 10.6 Å². The van der Waals surface area contributed by atoms with E-state index >= 15 is 0 Å². The van der Waals surface area contributed by atoms with Crippen LogP contribution < -0.4 is 0 Å². The molecule has 0 bridgehead atoms. The largest absolute Gasteiger partial charge is 0.304 e. The fraction of sp³-hybridized carbons (Fsp3) is 0.241. The lowest BCUT2D eigenvalue weighted by Crippen LogP contribution is -2.45. The minimum atomic E-state index is 0.548. The molecule has 0 atom stereocenters. The highest BCUT2D eigenvalue weighted by atomic mass is 32.1. The van der Waals surface area contributed by atoms with Gasteiger partial charge in [0.2, 0.25) is 11.6 Å². The number of piperazine rings is 1. The van der Waals surface area contributed by atoms with Gasteiger partial charge in [-0.15, -0.1) is 10.2 Å². The highest BCUT2D eigenvalue weighted by Gasteiger charge is 2.23. The Labute approximate surface area is 227 Å². The van der Waals surface area contributed by atoms with E-state index < -0.39 is 0 Å². The van der Waals surface area contributed by atoms with Crippen LogP contribution in [-0.2, 0) is 13.2 Å². The van der Waals surface area contributed by atoms with Gasteiger partial charge in [0, 0.05) is 31.7 Å². The molecule has 8 nitrogen and oxygen atoms in total. The molecule has 9 heteroatoms. The summed E-state index contributed by atoms with van der Waals surface area (Å²) in [6.07, 6.45) is 0. The van der Waals surface area contributed by atoms with Crippen molar-refractivity contribution < 1.29 is 0 Å². The summed E-state index contributed by atoms with van der Waals surface area (Å²) >= 11 is 5.99. The van der Waals surface area contributed by atoms with Crippen molar-refractivity contribution in [3.05, 3.63) is 101 Å². The average Bonchev–Trinajstić information content (AvgIpc) is 3.54. The van der Waals surface area contributed by atoms with Crippen molar-refractivity contribution in [2.75, 3.05) is 33.2 Å². The summed E-state index contributed by atoms with van der Waals surface area (Å²) in [7, 11) is 2.16. The molecule has 1 saturated heterocycles. The van der Waals surface area contributed by atoms with E-state index in [4.69, 9.17) is 27.4 Å². The fourth-order valence-electron chi connectivity index (χ4n) is 4.72. The van der Waals surface area contributed by atoms with Crippen molar-refractivity contribution in [1.82, 2.24) is 38.9 Å². The van der Waals surface area contributed by atoms with Gasteiger partial charge in [0.05, 0.1) is 18.9 Å². The van der Waals surface area contributed by atoms with Gasteiger partial charge in [0.25, 0.3) is 0 Å². The van der Waals surface area contributed by atoms with Crippen LogP contribution in [0.15, 0.2) is 91.0 Å². The summed E-state index contributed by atoms with van der Waals surface area (Å²) in [5.41, 5.74) is 3.07. The number of likely N-dealkylation sites (N-methyl/N-ethyl adjacent to an activating group) is 1. The lowest BCUT2D eigenvalue weighted by molar-refractivity contribution is 0.119. The van der Waals surface area contributed by atoms with Crippen molar-refractivity contribution in [3.63, 3.8) is 0 Å². The highest BCUT2D eigenvalue weighted by Crippen LogP contribution is 2.25. The molecule has 0 amide bonds. The number of hydrogen-bond acceptors (Lipinski definition) is 6. The van der Waals surface area contributed by atoms with E-state index in [-0.39, 0.29) is 0 Å². The molecule has 3 heterocycles. The van der Waals surface area contributed by atoms with Gasteiger partial charge in [-0.25, -0.2) is 14.3 Å². The van der Waals surface area contributed by atoms with Crippen LogP contribution in [-0.4, -0.2) is 72.1 Å². The maximum atomic E-state index is 5.99. The second-order valence-corrected chi connectivity index (χ2v) is 9.98. The Morgan fingerprint density at radius 2 is 1.37 bits per heavy atom. The predicted octanol–water partition coefficient (Wildman–Crippen LogP) is 4.58. The zero-order chi connectivity index (χ0) is 25.9. The minimum absolute atomic E-state index is 0.548. The number of benzene rings is 3. The second-order valence-electron chi connectivity index (χ2n) is 9.61. The molecule has 5 aromatic rings. The molecule has 0 radical (unpaired) electrons. The van der Waals surface area contributed by atoms with Crippen molar-refractivity contribution in [1.29, 1.82) is 0 Å². The second kappa shape index (κ2) is 10.8. The van der Waals surface area contributed by atoms with Gasteiger partial charge in [0.1, 0.15) is 0 Å². The summed E-state index contributed by atoms with van der Waals surface area (Å²) in [5, 5.41) is 10.00. The third-order valence-corrected chi connectivity index (χ3v) is 7.31. The summed E-state index contributed by atoms with van der Waals surface area (Å²) in [6.45, 7) is 5.28. The van der Waals surface area contributed by atoms with Crippen molar-refractivity contribution in [2.45, 2.75) is 13.2 Å². The predicted molar refractivity (Wildman–Crippen MR) is 151 cm³/mol. The summed E-state index contributed by atoms with van der Waals surface area (Å²) in [6, 6.07) is 30.5. The molecule has 38 heavy (non-hydrogen) atoms. The van der Waals surface area contributed by atoms with Gasteiger partial charge in [-0.05, 0) is 37.0 Å². The molecule has 192 valence electrons. The first kappa shape index (κ1) is 24.4. The third kappa shape index (κ3) is 5.08. The van der Waals surface area contributed by atoms with Crippen LogP contribution in [0.1, 0.15) is 5.56 Å². The lowest BCUT2D eigenvalue weighted by atomic mass is 10.2. The fourth-order valence-corrected chi connectivity index (χ4v) is 4.97. The third-order valence-electron chi connectivity index (χ3n) is 6.88. The zero-order valence-corrected chi connectivity index (χ0v) is 22.2. The zero-order valence-electron chi connectivity index (χ0n) is 21.4. The van der Waals surface area contributed by atoms with E-state index in [9.17, 15) is 0 Å². The molecule has 0 aliphatic carbocycles. The summed E-state index contributed by atoms with van der Waals surface area (Å²) in [4.78, 5) is 9.77. The van der Waals surface area contributed by atoms with Crippen LogP contribution in [0.2, 0.25) is 0 Å². The van der Waals surface area contributed by atoms with Gasteiger partial charge in [-0.1, -0.05) is 78.9 Å². The molecule has 1 fully saturated rings. The molecule has 1 aliphatic rings. The van der Waals surface area contributed by atoms with Crippen LogP contribution in [0.3, 0.4) is 0 Å². The van der Waals surface area contributed by atoms with Crippen LogP contribution in [0.4, 0.5) is 0 Å². The molecule has 0 spiro atoms. The number of aromatic nitrogens is 6. The van der Waals surface area contributed by atoms with Crippen LogP contribution in [0.25, 0.3) is 28.7 Å². The number of hydrogen-bond donors (Lipinski definition) is 0. The Morgan fingerprint density at radius 3 is 2.05 bits per heavy atom. The van der Waals surface area contributed by atoms with Crippen molar-refractivity contribution in [3.8, 4) is 28.7 Å². The molecule has 1 aliphatic heterocycles. The first-order valence-electron chi connectivity index (χ1n) is 12.9. The standard InChI is InChI=1S/C29H30N8S/c1-33-17-19-34(20-18-33)22-36-29(38)35(21-23-11-5-2-6-12-23)28(32-36)26-30-27(24-13-7-3-8-14-24)37(31-26)25-15-9-4-10-16-25/h2-16H,17-22H2,1H3. The quantitative estimate of drug-likeness (QED) is 0.292. The Morgan fingerprint density at radius 1 is 0.737 bits per heavy atom. The molecule has 3 aromatic carbocycles. The van der Waals surface area contributed by atoms with E-state index in [2.05, 4.69) is 45.7 Å². The van der Waals surface area contributed by atoms with E-state index in [0.29, 0.717) is 29.6 Å². The topological polar surface area (TPSA) is 59.9 Å². The molecular weight excluding hydrogens is 492 g/mol. The van der Waals surface area contributed by atoms with Crippen molar-refractivity contribution in [2.24, 2.45) is 0 Å². The van der Waals surface area contributed by atoms with Crippen LogP contribution >= 0.6 is 12.2 Å². The molecule has 2 aromatic heterocycles. The molecule has 0 N–H and O–H groups in total. The number of rotatable bonds is 7. The van der Waals surface area contributed by atoms with E-state index in [1.807, 2.05) is 76.1 Å². The number of para-hydroxylation sites is 1.